The van der Waals surface area contributed by atoms with E-state index < -0.39 is 82.0 Å². The summed E-state index contributed by atoms with van der Waals surface area (Å²) in [5.74, 6) is -1.58. The highest BCUT2D eigenvalue weighted by Gasteiger charge is 2.69. The quantitative estimate of drug-likeness (QED) is 0.175. The molecule has 1 atom stereocenters. The van der Waals surface area contributed by atoms with Crippen LogP contribution in [0.3, 0.4) is 0 Å². The lowest BCUT2D eigenvalue weighted by Gasteiger charge is -2.34. The third kappa shape index (κ3) is 6.21. The van der Waals surface area contributed by atoms with E-state index in [4.69, 9.17) is 6.42 Å². The average Bonchev–Trinajstić information content (AvgIpc) is 2.90. The minimum atomic E-state index is -6.07. The van der Waals surface area contributed by atoms with Crippen molar-refractivity contribution in [3.63, 3.8) is 0 Å². The van der Waals surface area contributed by atoms with E-state index in [1.807, 2.05) is 0 Å². The fourth-order valence-corrected chi connectivity index (χ4v) is 3.99. The number of hydrogen-bond acceptors (Lipinski definition) is 2. The lowest BCUT2D eigenvalue weighted by Crippen LogP contribution is -2.49. The van der Waals surface area contributed by atoms with E-state index >= 15 is 4.39 Å². The van der Waals surface area contributed by atoms with Crippen molar-refractivity contribution in [3.8, 4) is 12.3 Å². The van der Waals surface area contributed by atoms with Crippen molar-refractivity contribution in [2.24, 2.45) is 0 Å². The molecule has 0 fully saturated rings. The summed E-state index contributed by atoms with van der Waals surface area (Å²) in [7, 11) is 0.498. The van der Waals surface area contributed by atoms with Gasteiger partial charge in [-0.15, -0.1) is 15.7 Å². The van der Waals surface area contributed by atoms with Gasteiger partial charge in [-0.05, 0) is 42.0 Å². The van der Waals surface area contributed by atoms with Crippen LogP contribution in [0.15, 0.2) is 66.7 Å². The Kier molecular flexibility index (Phi) is 8.98. The SMILES string of the molecule is C#CCN(C(=O)c1ccccc1)c1cccc(C(=O)Nc2ccc(C(P)(C(F)(F)F)C(F)(F)F)cc2C(F)(F)F)c1F. The Hall–Kier alpha value is -4.11. The Morgan fingerprint density at radius 1 is 0.857 bits per heavy atom. The molecule has 0 spiro atoms. The van der Waals surface area contributed by atoms with Crippen LogP contribution in [0.25, 0.3) is 0 Å². The first-order valence-electron chi connectivity index (χ1n) is 11.4. The zero-order chi connectivity index (χ0) is 31.7. The second-order valence-electron chi connectivity index (χ2n) is 8.62. The molecule has 3 aromatic carbocycles. The van der Waals surface area contributed by atoms with Crippen molar-refractivity contribution in [2.45, 2.75) is 23.7 Å². The van der Waals surface area contributed by atoms with Crippen LogP contribution < -0.4 is 10.2 Å². The van der Waals surface area contributed by atoms with Crippen molar-refractivity contribution >= 4 is 32.4 Å². The molecule has 3 rings (SSSR count). The lowest BCUT2D eigenvalue weighted by molar-refractivity contribution is -0.269. The summed E-state index contributed by atoms with van der Waals surface area (Å²) < 4.78 is 138. The normalized spacial score (nSPS) is 12.4. The average molecular weight is 622 g/mol. The molecule has 0 bridgehead atoms. The molecule has 0 aliphatic heterocycles. The molecule has 0 aliphatic carbocycles. The zero-order valence-corrected chi connectivity index (χ0v) is 21.9. The van der Waals surface area contributed by atoms with Crippen LogP contribution in [0, 0.1) is 18.2 Å². The summed E-state index contributed by atoms with van der Waals surface area (Å²) in [6, 6.07) is 10.3. The van der Waals surface area contributed by atoms with Gasteiger partial charge in [-0.2, -0.15) is 39.5 Å². The molecular formula is C27H17F10N2O2P. The number of rotatable bonds is 6. The molecule has 42 heavy (non-hydrogen) atoms. The predicted octanol–water partition coefficient (Wildman–Crippen LogP) is 7.57. The second-order valence-corrected chi connectivity index (χ2v) is 9.48. The Balaban J connectivity index is 2.07. The van der Waals surface area contributed by atoms with E-state index in [0.29, 0.717) is 9.24 Å². The van der Waals surface area contributed by atoms with E-state index in [9.17, 15) is 49.1 Å². The first-order chi connectivity index (χ1) is 19.3. The van der Waals surface area contributed by atoms with Crippen LogP contribution >= 0.6 is 9.24 Å². The minimum absolute atomic E-state index is 0.0831. The van der Waals surface area contributed by atoms with Crippen LogP contribution in [-0.4, -0.2) is 30.7 Å². The monoisotopic (exact) mass is 622 g/mol. The van der Waals surface area contributed by atoms with Gasteiger partial charge in [0.05, 0.1) is 29.0 Å². The highest BCUT2D eigenvalue weighted by Crippen LogP contribution is 2.57. The highest BCUT2D eigenvalue weighted by atomic mass is 31.0. The maximum atomic E-state index is 15.5. The van der Waals surface area contributed by atoms with Gasteiger partial charge in [-0.25, -0.2) is 4.39 Å². The van der Waals surface area contributed by atoms with Crippen molar-refractivity contribution in [2.75, 3.05) is 16.8 Å². The number of alkyl halides is 9. The molecule has 0 radical (unpaired) electrons. The molecule has 1 unspecified atom stereocenters. The van der Waals surface area contributed by atoms with Crippen molar-refractivity contribution in [3.05, 3.63) is 94.8 Å². The van der Waals surface area contributed by atoms with E-state index in [0.717, 1.165) is 23.1 Å². The van der Waals surface area contributed by atoms with Gasteiger partial charge in [0.15, 0.2) is 11.0 Å². The summed E-state index contributed by atoms with van der Waals surface area (Å²) in [6.07, 6.45) is -12.4. The number of nitrogens with zero attached hydrogens (tertiary/aromatic N) is 1. The minimum Gasteiger partial charge on any atom is -0.321 e. The number of carbonyl (C=O) groups excluding carboxylic acids is 2. The molecule has 0 saturated heterocycles. The topological polar surface area (TPSA) is 49.4 Å². The zero-order valence-electron chi connectivity index (χ0n) is 20.8. The lowest BCUT2D eigenvalue weighted by atomic mass is 9.93. The van der Waals surface area contributed by atoms with E-state index in [1.54, 1.807) is 11.4 Å². The molecule has 0 heterocycles. The Labute approximate surface area is 233 Å². The first kappa shape index (κ1) is 32.4. The molecule has 0 aromatic heterocycles. The van der Waals surface area contributed by atoms with Gasteiger partial charge >= 0.3 is 18.5 Å². The molecule has 0 saturated carbocycles. The fourth-order valence-electron chi connectivity index (χ4n) is 3.81. The molecule has 3 aromatic rings. The highest BCUT2D eigenvalue weighted by molar-refractivity contribution is 7.18. The third-order valence-electron chi connectivity index (χ3n) is 5.95. The van der Waals surface area contributed by atoms with Gasteiger partial charge < -0.3 is 5.32 Å². The van der Waals surface area contributed by atoms with Gasteiger partial charge in [0.1, 0.15) is 0 Å². The van der Waals surface area contributed by atoms with Gasteiger partial charge in [-0.3, -0.25) is 14.5 Å². The van der Waals surface area contributed by atoms with Crippen molar-refractivity contribution in [1.82, 2.24) is 0 Å². The Morgan fingerprint density at radius 2 is 1.45 bits per heavy atom. The number of anilines is 2. The standard InChI is InChI=1S/C27H17F10N2O2P/c1-2-13-39(23(41)15-7-4-3-5-8-15)20-10-6-9-17(21(20)28)22(40)38-19-12-11-16(14-18(19)25(29,30)31)24(42,26(32,33)34)27(35,36)37/h1,3-12,14H,13,42H2,(H,38,40). The van der Waals surface area contributed by atoms with Crippen LogP contribution in [-0.2, 0) is 11.3 Å². The Bertz CT molecular complexity index is 1510. The van der Waals surface area contributed by atoms with E-state index in [2.05, 4.69) is 5.92 Å². The Morgan fingerprint density at radius 3 is 1.98 bits per heavy atom. The maximum absolute atomic E-state index is 15.5. The van der Waals surface area contributed by atoms with Gasteiger partial charge in [0, 0.05) is 5.56 Å². The largest absolute Gasteiger partial charge is 0.418 e. The second kappa shape index (κ2) is 11.6. The fraction of sp³-hybridized carbons (Fsp3) is 0.185. The van der Waals surface area contributed by atoms with E-state index in [-0.39, 0.29) is 17.7 Å². The number of halogens is 10. The van der Waals surface area contributed by atoms with Gasteiger partial charge in [0.25, 0.3) is 11.8 Å². The molecule has 15 heteroatoms. The third-order valence-corrected chi connectivity index (χ3v) is 6.94. The number of terminal acetylenes is 1. The number of nitrogens with one attached hydrogen (secondary N) is 1. The van der Waals surface area contributed by atoms with E-state index in [1.165, 1.54) is 24.3 Å². The summed E-state index contributed by atoms with van der Waals surface area (Å²) in [5, 5.41) is -3.09. The van der Waals surface area contributed by atoms with Crippen LogP contribution in [0.5, 0.6) is 0 Å². The summed E-state index contributed by atoms with van der Waals surface area (Å²) in [6.45, 7) is -0.482. The molecule has 1 N–H and O–H groups in total. The number of benzene rings is 3. The molecular weight excluding hydrogens is 605 g/mol. The first-order valence-corrected chi connectivity index (χ1v) is 12.0. The van der Waals surface area contributed by atoms with Gasteiger partial charge in [-0.1, -0.05) is 36.3 Å². The predicted molar refractivity (Wildman–Crippen MR) is 136 cm³/mol. The van der Waals surface area contributed by atoms with Crippen molar-refractivity contribution in [1.29, 1.82) is 0 Å². The summed E-state index contributed by atoms with van der Waals surface area (Å²) in [4.78, 5) is 26.6. The molecule has 222 valence electrons. The van der Waals surface area contributed by atoms with Gasteiger partial charge in [0.2, 0.25) is 0 Å². The molecule has 4 nitrogen and oxygen atoms in total. The van der Waals surface area contributed by atoms with Crippen LogP contribution in [0.1, 0.15) is 31.8 Å². The maximum Gasteiger partial charge on any atom is 0.418 e. The van der Waals surface area contributed by atoms with Crippen molar-refractivity contribution < 1.29 is 53.5 Å². The number of hydrogen-bond donors (Lipinski definition) is 1. The van der Waals surface area contributed by atoms with Crippen LogP contribution in [0.2, 0.25) is 0 Å². The number of amides is 2. The molecule has 0 aliphatic rings. The summed E-state index contributed by atoms with van der Waals surface area (Å²) >= 11 is 0. The smallest absolute Gasteiger partial charge is 0.321 e. The molecule has 2 amide bonds. The number of carbonyl (C=O) groups is 2. The summed E-state index contributed by atoms with van der Waals surface area (Å²) in [5.41, 5.74) is -6.48. The van der Waals surface area contributed by atoms with Crippen LogP contribution in [0.4, 0.5) is 55.3 Å².